The van der Waals surface area contributed by atoms with E-state index < -0.39 is 0 Å². The van der Waals surface area contributed by atoms with Gasteiger partial charge in [0.05, 0.1) is 0 Å². The first kappa shape index (κ1) is 8.72. The van der Waals surface area contributed by atoms with Crippen LogP contribution in [0.1, 0.15) is 26.7 Å². The van der Waals surface area contributed by atoms with Gasteiger partial charge in [0.25, 0.3) is 0 Å². The van der Waals surface area contributed by atoms with Gasteiger partial charge in [0.15, 0.2) is 0 Å². The topological polar surface area (TPSA) is 20.3 Å². The second kappa shape index (κ2) is 3.86. The first-order chi connectivity index (χ1) is 5.24. The van der Waals surface area contributed by atoms with Crippen LogP contribution in [0.4, 0.5) is 0 Å². The van der Waals surface area contributed by atoms with Crippen molar-refractivity contribution in [3.05, 3.63) is 0 Å². The molecule has 1 fully saturated rings. The van der Waals surface area contributed by atoms with Crippen molar-refractivity contribution < 1.29 is 4.79 Å². The molecule has 0 N–H and O–H groups in total. The number of likely N-dealkylation sites (tertiary alicyclic amines) is 1. The summed E-state index contributed by atoms with van der Waals surface area (Å²) < 4.78 is 0. The fourth-order valence-corrected chi connectivity index (χ4v) is 1.68. The van der Waals surface area contributed by atoms with Gasteiger partial charge in [-0.1, -0.05) is 6.92 Å². The van der Waals surface area contributed by atoms with Crippen LogP contribution >= 0.6 is 0 Å². The Balaban J connectivity index is 2.30. The van der Waals surface area contributed by atoms with Crippen LogP contribution in [-0.2, 0) is 4.79 Å². The third-order valence-corrected chi connectivity index (χ3v) is 2.45. The van der Waals surface area contributed by atoms with Gasteiger partial charge >= 0.3 is 0 Å². The average molecular weight is 155 g/mol. The molecule has 1 aliphatic heterocycles. The molecule has 0 aromatic carbocycles. The highest BCUT2D eigenvalue weighted by Crippen LogP contribution is 2.16. The lowest BCUT2D eigenvalue weighted by molar-refractivity contribution is -0.111. The Morgan fingerprint density at radius 1 is 1.73 bits per heavy atom. The van der Waals surface area contributed by atoms with E-state index in [1.165, 1.54) is 19.4 Å². The Morgan fingerprint density at radius 3 is 2.91 bits per heavy atom. The second-order valence-electron chi connectivity index (χ2n) is 3.60. The van der Waals surface area contributed by atoms with Gasteiger partial charge in [0.2, 0.25) is 0 Å². The normalized spacial score (nSPS) is 28.7. The predicted octanol–water partition coefficient (Wildman–Crippen LogP) is 1.31. The lowest BCUT2D eigenvalue weighted by Gasteiger charge is -2.22. The molecule has 2 nitrogen and oxygen atoms in total. The van der Waals surface area contributed by atoms with Crippen molar-refractivity contribution in [2.75, 3.05) is 13.1 Å². The minimum Gasteiger partial charge on any atom is -0.303 e. The molecular weight excluding hydrogens is 138 g/mol. The molecule has 11 heavy (non-hydrogen) atoms. The van der Waals surface area contributed by atoms with E-state index in [1.807, 2.05) is 6.92 Å². The summed E-state index contributed by atoms with van der Waals surface area (Å²) in [5.74, 6) is 0.204. The van der Waals surface area contributed by atoms with Crippen LogP contribution in [0.3, 0.4) is 0 Å². The van der Waals surface area contributed by atoms with Crippen LogP contribution in [-0.4, -0.2) is 30.3 Å². The highest BCUT2D eigenvalue weighted by Gasteiger charge is 2.21. The standard InChI is InChI=1S/C9H17NO/c1-8(7-11)6-10-5-3-4-9(10)2/h7-9H,3-6H2,1-2H3. The number of carbonyl (C=O) groups is 1. The molecule has 2 atom stereocenters. The molecule has 2 unspecified atom stereocenters. The van der Waals surface area contributed by atoms with Crippen molar-refractivity contribution in [1.29, 1.82) is 0 Å². The van der Waals surface area contributed by atoms with E-state index in [0.29, 0.717) is 6.04 Å². The Bertz CT molecular complexity index is 136. The van der Waals surface area contributed by atoms with Crippen molar-refractivity contribution in [2.24, 2.45) is 5.92 Å². The Kier molecular flexibility index (Phi) is 3.06. The molecule has 1 heterocycles. The minimum absolute atomic E-state index is 0.204. The van der Waals surface area contributed by atoms with Crippen LogP contribution in [0.15, 0.2) is 0 Å². The summed E-state index contributed by atoms with van der Waals surface area (Å²) in [6, 6.07) is 0.692. The highest BCUT2D eigenvalue weighted by atomic mass is 16.1. The third-order valence-electron chi connectivity index (χ3n) is 2.45. The molecule has 1 rings (SSSR count). The Hall–Kier alpha value is -0.370. The molecule has 0 amide bonds. The van der Waals surface area contributed by atoms with Gasteiger partial charge < -0.3 is 4.79 Å². The smallest absolute Gasteiger partial charge is 0.124 e. The van der Waals surface area contributed by atoms with Crippen molar-refractivity contribution in [3.8, 4) is 0 Å². The van der Waals surface area contributed by atoms with E-state index in [4.69, 9.17) is 0 Å². The number of aldehydes is 1. The molecule has 1 saturated heterocycles. The van der Waals surface area contributed by atoms with Crippen LogP contribution in [0.25, 0.3) is 0 Å². The third kappa shape index (κ3) is 2.29. The molecule has 0 spiro atoms. The van der Waals surface area contributed by atoms with Crippen molar-refractivity contribution in [2.45, 2.75) is 32.7 Å². The van der Waals surface area contributed by atoms with Gasteiger partial charge in [0, 0.05) is 18.5 Å². The monoisotopic (exact) mass is 155 g/mol. The van der Waals surface area contributed by atoms with Gasteiger partial charge in [-0.2, -0.15) is 0 Å². The minimum atomic E-state index is 0.204. The van der Waals surface area contributed by atoms with Gasteiger partial charge in [-0.25, -0.2) is 0 Å². The molecule has 0 aliphatic carbocycles. The summed E-state index contributed by atoms with van der Waals surface area (Å²) in [5.41, 5.74) is 0. The van der Waals surface area contributed by atoms with Gasteiger partial charge in [0.1, 0.15) is 6.29 Å². The van der Waals surface area contributed by atoms with E-state index >= 15 is 0 Å². The summed E-state index contributed by atoms with van der Waals surface area (Å²) in [7, 11) is 0. The zero-order valence-electron chi connectivity index (χ0n) is 7.42. The molecule has 0 saturated carbocycles. The van der Waals surface area contributed by atoms with Gasteiger partial charge in [-0.15, -0.1) is 0 Å². The van der Waals surface area contributed by atoms with E-state index in [1.54, 1.807) is 0 Å². The van der Waals surface area contributed by atoms with Crippen LogP contribution < -0.4 is 0 Å². The van der Waals surface area contributed by atoms with E-state index in [0.717, 1.165) is 12.8 Å². The van der Waals surface area contributed by atoms with Gasteiger partial charge in [-0.3, -0.25) is 4.90 Å². The molecule has 0 aromatic heterocycles. The molecule has 64 valence electrons. The first-order valence-corrected chi connectivity index (χ1v) is 4.43. The molecule has 2 heteroatoms. The number of carbonyl (C=O) groups excluding carboxylic acids is 1. The SMILES string of the molecule is CC(C=O)CN1CCCC1C. The summed E-state index contributed by atoms with van der Waals surface area (Å²) >= 11 is 0. The van der Waals surface area contributed by atoms with E-state index in [2.05, 4.69) is 11.8 Å². The lowest BCUT2D eigenvalue weighted by Crippen LogP contribution is -2.31. The Morgan fingerprint density at radius 2 is 2.45 bits per heavy atom. The highest BCUT2D eigenvalue weighted by molar-refractivity contribution is 5.53. The van der Waals surface area contributed by atoms with Crippen molar-refractivity contribution >= 4 is 6.29 Å². The molecule has 0 aromatic rings. The average Bonchev–Trinajstić information content (AvgIpc) is 2.37. The zero-order chi connectivity index (χ0) is 8.27. The van der Waals surface area contributed by atoms with Crippen molar-refractivity contribution in [1.82, 2.24) is 4.90 Å². The predicted molar refractivity (Wildman–Crippen MR) is 45.5 cm³/mol. The number of nitrogens with zero attached hydrogens (tertiary/aromatic N) is 1. The zero-order valence-corrected chi connectivity index (χ0v) is 7.42. The summed E-state index contributed by atoms with van der Waals surface area (Å²) in [5, 5.41) is 0. The molecule has 0 radical (unpaired) electrons. The van der Waals surface area contributed by atoms with E-state index in [-0.39, 0.29) is 5.92 Å². The maximum atomic E-state index is 10.4. The summed E-state index contributed by atoms with van der Waals surface area (Å²) in [6.45, 7) is 6.35. The lowest BCUT2D eigenvalue weighted by atomic mass is 10.2. The van der Waals surface area contributed by atoms with Crippen LogP contribution in [0.2, 0.25) is 0 Å². The van der Waals surface area contributed by atoms with Crippen LogP contribution in [0, 0.1) is 5.92 Å². The number of hydrogen-bond acceptors (Lipinski definition) is 2. The van der Waals surface area contributed by atoms with Crippen molar-refractivity contribution in [3.63, 3.8) is 0 Å². The fourth-order valence-electron chi connectivity index (χ4n) is 1.68. The maximum Gasteiger partial charge on any atom is 0.124 e. The molecular formula is C9H17NO. The largest absolute Gasteiger partial charge is 0.303 e. The Labute approximate surface area is 68.6 Å². The van der Waals surface area contributed by atoms with Crippen LogP contribution in [0.5, 0.6) is 0 Å². The maximum absolute atomic E-state index is 10.4. The summed E-state index contributed by atoms with van der Waals surface area (Å²) in [6.07, 6.45) is 3.64. The number of rotatable bonds is 3. The second-order valence-corrected chi connectivity index (χ2v) is 3.60. The van der Waals surface area contributed by atoms with E-state index in [9.17, 15) is 4.79 Å². The number of hydrogen-bond donors (Lipinski definition) is 0. The first-order valence-electron chi connectivity index (χ1n) is 4.43. The van der Waals surface area contributed by atoms with Gasteiger partial charge in [-0.05, 0) is 26.3 Å². The molecule has 0 bridgehead atoms. The fraction of sp³-hybridized carbons (Fsp3) is 0.889. The quantitative estimate of drug-likeness (QED) is 0.573. The summed E-state index contributed by atoms with van der Waals surface area (Å²) in [4.78, 5) is 12.8. The molecule has 1 aliphatic rings.